The van der Waals surface area contributed by atoms with Gasteiger partial charge in [-0.1, -0.05) is 23.7 Å². The molecule has 3 amide bonds. The molecule has 0 spiro atoms. The second-order valence-corrected chi connectivity index (χ2v) is 6.96. The van der Waals surface area contributed by atoms with Crippen molar-refractivity contribution in [1.82, 2.24) is 15.5 Å². The van der Waals surface area contributed by atoms with Crippen LogP contribution in [0.1, 0.15) is 15.9 Å². The van der Waals surface area contributed by atoms with Crippen LogP contribution in [0.5, 0.6) is 0 Å². The molecule has 3 rings (SSSR count). The van der Waals surface area contributed by atoms with E-state index in [2.05, 4.69) is 10.6 Å². The fraction of sp³-hybridized carbons (Fsp3) is 0.222. The summed E-state index contributed by atoms with van der Waals surface area (Å²) in [5.41, 5.74) is 1.81. The number of hydrogen-bond acceptors (Lipinski definition) is 4. The number of benzene rings is 1. The molecule has 1 aliphatic carbocycles. The Morgan fingerprint density at radius 1 is 1.23 bits per heavy atom. The molecule has 1 fully saturated rings. The summed E-state index contributed by atoms with van der Waals surface area (Å²) in [6.07, 6.45) is 4.99. The van der Waals surface area contributed by atoms with Gasteiger partial charge in [-0.3, -0.25) is 24.6 Å². The van der Waals surface area contributed by atoms with Crippen LogP contribution in [0.2, 0.25) is 5.02 Å². The Kier molecular flexibility index (Phi) is 4.93. The molecule has 0 bridgehead atoms. The molecule has 2 aliphatic rings. The van der Waals surface area contributed by atoms with E-state index < -0.39 is 17.7 Å². The van der Waals surface area contributed by atoms with Crippen LogP contribution in [-0.2, 0) is 9.59 Å². The van der Waals surface area contributed by atoms with Gasteiger partial charge in [0.05, 0.1) is 11.8 Å². The Balaban J connectivity index is 1.65. The van der Waals surface area contributed by atoms with Crippen molar-refractivity contribution in [1.29, 1.82) is 0 Å². The van der Waals surface area contributed by atoms with Gasteiger partial charge >= 0.3 is 0 Å². The van der Waals surface area contributed by atoms with Crippen molar-refractivity contribution in [2.75, 3.05) is 7.05 Å². The number of fused-ring (bicyclic) bond motifs is 1. The first-order valence-corrected chi connectivity index (χ1v) is 8.66. The molecule has 1 aromatic carbocycles. The van der Waals surface area contributed by atoms with Crippen molar-refractivity contribution in [2.24, 2.45) is 11.8 Å². The fourth-order valence-electron chi connectivity index (χ4n) is 2.85. The van der Waals surface area contributed by atoms with E-state index in [1.54, 1.807) is 36.4 Å². The summed E-state index contributed by atoms with van der Waals surface area (Å²) in [5.74, 6) is -1.90. The Hall–Kier alpha value is -2.51. The predicted octanol–water partition coefficient (Wildman–Crippen LogP) is 1.94. The Labute approximate surface area is 160 Å². The molecule has 1 aliphatic heterocycles. The first-order valence-electron chi connectivity index (χ1n) is 7.88. The van der Waals surface area contributed by atoms with E-state index in [-0.39, 0.29) is 16.9 Å². The molecule has 2 atom stereocenters. The van der Waals surface area contributed by atoms with Crippen LogP contribution in [0.15, 0.2) is 42.1 Å². The second kappa shape index (κ2) is 7.01. The van der Waals surface area contributed by atoms with Gasteiger partial charge in [0.25, 0.3) is 5.91 Å². The molecule has 134 valence electrons. The van der Waals surface area contributed by atoms with E-state index in [0.717, 1.165) is 10.5 Å². The number of thiocarbonyl (C=S) groups is 1. The maximum Gasteiger partial charge on any atom is 0.257 e. The molecule has 1 aromatic rings. The topological polar surface area (TPSA) is 78.5 Å². The summed E-state index contributed by atoms with van der Waals surface area (Å²) >= 11 is 11.2. The number of rotatable bonds is 2. The molecule has 0 radical (unpaired) electrons. The minimum atomic E-state index is -0.547. The van der Waals surface area contributed by atoms with Crippen LogP contribution in [0.4, 0.5) is 0 Å². The molecule has 6 nitrogen and oxygen atoms in total. The van der Waals surface area contributed by atoms with Gasteiger partial charge in [-0.25, -0.2) is 0 Å². The number of likely N-dealkylation sites (tertiary alicyclic amines) is 1. The van der Waals surface area contributed by atoms with E-state index in [9.17, 15) is 14.4 Å². The lowest BCUT2D eigenvalue weighted by Gasteiger charge is -2.17. The predicted molar refractivity (Wildman–Crippen MR) is 101 cm³/mol. The largest absolute Gasteiger partial charge is 0.333 e. The molecular weight excluding hydrogens is 374 g/mol. The minimum Gasteiger partial charge on any atom is -0.333 e. The van der Waals surface area contributed by atoms with Gasteiger partial charge in [0, 0.05) is 23.3 Å². The number of hydrogen-bond donors (Lipinski definition) is 2. The van der Waals surface area contributed by atoms with Crippen LogP contribution in [-0.4, -0.2) is 34.8 Å². The second-order valence-electron chi connectivity index (χ2n) is 6.14. The SMILES string of the molecule is Cc1ccc(C(=O)NC(=S)NC2=C[C@@H]3C(=O)N(C)C(=O)[C@@H]3C=C2)cc1Cl. The standard InChI is InChI=1S/C18H16ClN3O3S/c1-9-3-4-10(7-14(9)19)15(23)21-18(26)20-11-5-6-12-13(8-11)17(25)22(2)16(12)24/h3-8,12-13H,1-2H3,(H2,20,21,23,26)/t12-,13+/m1/s1. The summed E-state index contributed by atoms with van der Waals surface area (Å²) < 4.78 is 0. The number of carbonyl (C=O) groups is 3. The Bertz CT molecular complexity index is 894. The molecule has 0 saturated carbocycles. The lowest BCUT2D eigenvalue weighted by molar-refractivity contribution is -0.137. The van der Waals surface area contributed by atoms with Crippen molar-refractivity contribution >= 4 is 46.7 Å². The van der Waals surface area contributed by atoms with Crippen LogP contribution in [0.25, 0.3) is 0 Å². The van der Waals surface area contributed by atoms with Gasteiger partial charge < -0.3 is 5.32 Å². The average Bonchev–Trinajstić information content (AvgIpc) is 2.81. The minimum absolute atomic E-state index is 0.0891. The molecule has 26 heavy (non-hydrogen) atoms. The first-order chi connectivity index (χ1) is 12.3. The highest BCUT2D eigenvalue weighted by Gasteiger charge is 2.44. The van der Waals surface area contributed by atoms with Crippen LogP contribution >= 0.6 is 23.8 Å². The smallest absolute Gasteiger partial charge is 0.257 e. The zero-order chi connectivity index (χ0) is 19.0. The summed E-state index contributed by atoms with van der Waals surface area (Å²) in [6, 6.07) is 4.97. The maximum absolute atomic E-state index is 12.2. The number of aryl methyl sites for hydroxylation is 1. The number of nitrogens with zero attached hydrogens (tertiary/aromatic N) is 1. The number of carbonyl (C=O) groups excluding carboxylic acids is 3. The number of allylic oxidation sites excluding steroid dienone is 1. The highest BCUT2D eigenvalue weighted by atomic mass is 35.5. The Morgan fingerprint density at radius 3 is 2.62 bits per heavy atom. The number of nitrogens with one attached hydrogen (secondary N) is 2. The first kappa shape index (κ1) is 18.3. The third kappa shape index (κ3) is 3.40. The van der Waals surface area contributed by atoms with Crippen molar-refractivity contribution in [3.05, 3.63) is 58.3 Å². The van der Waals surface area contributed by atoms with Gasteiger partial charge in [-0.15, -0.1) is 0 Å². The maximum atomic E-state index is 12.2. The van der Waals surface area contributed by atoms with E-state index >= 15 is 0 Å². The van der Waals surface area contributed by atoms with Crippen LogP contribution in [0.3, 0.4) is 0 Å². The van der Waals surface area contributed by atoms with Gasteiger partial charge in [0.15, 0.2) is 5.11 Å². The molecule has 1 saturated heterocycles. The molecule has 8 heteroatoms. The summed E-state index contributed by atoms with van der Waals surface area (Å²) in [6.45, 7) is 1.85. The highest BCUT2D eigenvalue weighted by molar-refractivity contribution is 7.80. The summed E-state index contributed by atoms with van der Waals surface area (Å²) in [4.78, 5) is 37.4. The normalized spacial score (nSPS) is 21.3. The number of halogens is 1. The molecular formula is C18H16ClN3O3S. The van der Waals surface area contributed by atoms with Crippen molar-refractivity contribution in [3.8, 4) is 0 Å². The quantitative estimate of drug-likeness (QED) is 0.597. The van der Waals surface area contributed by atoms with E-state index in [0.29, 0.717) is 16.3 Å². The zero-order valence-electron chi connectivity index (χ0n) is 14.1. The molecule has 1 heterocycles. The van der Waals surface area contributed by atoms with Gasteiger partial charge in [-0.05, 0) is 49.0 Å². The Morgan fingerprint density at radius 2 is 1.92 bits per heavy atom. The fourth-order valence-corrected chi connectivity index (χ4v) is 3.24. The third-order valence-electron chi connectivity index (χ3n) is 4.38. The molecule has 2 N–H and O–H groups in total. The number of imide groups is 1. The monoisotopic (exact) mass is 389 g/mol. The molecule has 0 unspecified atom stereocenters. The van der Waals surface area contributed by atoms with Crippen LogP contribution < -0.4 is 10.6 Å². The summed E-state index contributed by atoms with van der Waals surface area (Å²) in [5, 5.41) is 6.02. The average molecular weight is 390 g/mol. The van der Waals surface area contributed by atoms with Gasteiger partial charge in [0.1, 0.15) is 0 Å². The van der Waals surface area contributed by atoms with Crippen molar-refractivity contribution < 1.29 is 14.4 Å². The summed E-state index contributed by atoms with van der Waals surface area (Å²) in [7, 11) is 1.47. The van der Waals surface area contributed by atoms with E-state index in [1.807, 2.05) is 6.92 Å². The number of amides is 3. The van der Waals surface area contributed by atoms with Crippen LogP contribution in [0, 0.1) is 18.8 Å². The van der Waals surface area contributed by atoms with Gasteiger partial charge in [0.2, 0.25) is 11.8 Å². The lowest BCUT2D eigenvalue weighted by Crippen LogP contribution is -2.39. The lowest BCUT2D eigenvalue weighted by atomic mass is 9.90. The van der Waals surface area contributed by atoms with Gasteiger partial charge in [-0.2, -0.15) is 0 Å². The van der Waals surface area contributed by atoms with E-state index in [1.165, 1.54) is 7.05 Å². The van der Waals surface area contributed by atoms with Crippen molar-refractivity contribution in [3.63, 3.8) is 0 Å². The zero-order valence-corrected chi connectivity index (χ0v) is 15.6. The highest BCUT2D eigenvalue weighted by Crippen LogP contribution is 2.31. The molecule has 0 aromatic heterocycles. The third-order valence-corrected chi connectivity index (χ3v) is 4.99. The van der Waals surface area contributed by atoms with Crippen molar-refractivity contribution in [2.45, 2.75) is 6.92 Å². The van der Waals surface area contributed by atoms with E-state index in [4.69, 9.17) is 23.8 Å².